The van der Waals surface area contributed by atoms with Crippen LogP contribution in [-0.2, 0) is 0 Å². The van der Waals surface area contributed by atoms with Gasteiger partial charge in [-0.3, -0.25) is 4.79 Å². The van der Waals surface area contributed by atoms with Crippen molar-refractivity contribution in [2.45, 2.75) is 0 Å². The summed E-state index contributed by atoms with van der Waals surface area (Å²) >= 11 is 0. The van der Waals surface area contributed by atoms with E-state index in [0.717, 1.165) is 0 Å². The summed E-state index contributed by atoms with van der Waals surface area (Å²) in [6.45, 7) is 1.73. The summed E-state index contributed by atoms with van der Waals surface area (Å²) in [5, 5.41) is 0. The molecular weight excluding hydrogens is 348 g/mol. The fourth-order valence-corrected chi connectivity index (χ4v) is 2.90. The number of hydrogen-bond donors (Lipinski definition) is 0. The molecule has 0 aromatic heterocycles. The van der Waals surface area contributed by atoms with Crippen molar-refractivity contribution in [1.82, 2.24) is 9.80 Å². The van der Waals surface area contributed by atoms with Crippen LogP contribution in [0.1, 0.15) is 10.4 Å². The van der Waals surface area contributed by atoms with Crippen molar-refractivity contribution >= 4 is 12.0 Å². The second-order valence-electron chi connectivity index (χ2n) is 6.03. The summed E-state index contributed by atoms with van der Waals surface area (Å²) in [6, 6.07) is 14.0. The predicted molar refractivity (Wildman–Crippen MR) is 99.5 cm³/mol. The molecule has 1 heterocycles. The normalized spacial score (nSPS) is 13.9. The van der Waals surface area contributed by atoms with E-state index in [2.05, 4.69) is 0 Å². The summed E-state index contributed by atoms with van der Waals surface area (Å²) in [5.74, 6) is 1.48. The molecule has 1 aliphatic heterocycles. The van der Waals surface area contributed by atoms with Gasteiger partial charge in [0.25, 0.3) is 5.91 Å². The quantitative estimate of drug-likeness (QED) is 0.828. The number of nitrogens with zero attached hydrogens (tertiary/aromatic N) is 2. The van der Waals surface area contributed by atoms with Gasteiger partial charge in [-0.1, -0.05) is 18.2 Å². The number of hydrogen-bond acceptors (Lipinski definition) is 5. The Morgan fingerprint density at radius 1 is 0.815 bits per heavy atom. The van der Waals surface area contributed by atoms with Gasteiger partial charge in [0.05, 0.1) is 14.2 Å². The summed E-state index contributed by atoms with van der Waals surface area (Å²) in [5.41, 5.74) is 0.521. The van der Waals surface area contributed by atoms with Gasteiger partial charge in [0.1, 0.15) is 5.75 Å². The number of benzene rings is 2. The average molecular weight is 370 g/mol. The van der Waals surface area contributed by atoms with Crippen LogP contribution in [0.3, 0.4) is 0 Å². The smallest absolute Gasteiger partial charge is 0.415 e. The Labute approximate surface area is 158 Å². The Morgan fingerprint density at radius 2 is 1.44 bits per heavy atom. The van der Waals surface area contributed by atoms with Crippen molar-refractivity contribution in [2.75, 3.05) is 40.4 Å². The molecule has 0 radical (unpaired) electrons. The van der Waals surface area contributed by atoms with Gasteiger partial charge >= 0.3 is 6.09 Å². The lowest BCUT2D eigenvalue weighted by Crippen LogP contribution is -2.51. The summed E-state index contributed by atoms with van der Waals surface area (Å²) < 4.78 is 15.8. The second-order valence-corrected chi connectivity index (χ2v) is 6.03. The molecule has 7 heteroatoms. The Balaban J connectivity index is 1.58. The van der Waals surface area contributed by atoms with E-state index in [9.17, 15) is 9.59 Å². The highest BCUT2D eigenvalue weighted by Crippen LogP contribution is 2.28. The molecule has 7 nitrogen and oxygen atoms in total. The summed E-state index contributed by atoms with van der Waals surface area (Å²) in [4.78, 5) is 28.3. The van der Waals surface area contributed by atoms with Crippen LogP contribution in [0.15, 0.2) is 48.5 Å². The highest BCUT2D eigenvalue weighted by Gasteiger charge is 2.26. The maximum Gasteiger partial charge on any atom is 0.415 e. The van der Waals surface area contributed by atoms with Gasteiger partial charge < -0.3 is 24.0 Å². The van der Waals surface area contributed by atoms with Gasteiger partial charge in [-0.15, -0.1) is 0 Å². The first-order valence-corrected chi connectivity index (χ1v) is 8.65. The first-order valence-electron chi connectivity index (χ1n) is 8.65. The van der Waals surface area contributed by atoms with Gasteiger partial charge in [0.15, 0.2) is 11.5 Å². The van der Waals surface area contributed by atoms with Gasteiger partial charge in [-0.2, -0.15) is 0 Å². The van der Waals surface area contributed by atoms with Crippen molar-refractivity contribution < 1.29 is 23.8 Å². The van der Waals surface area contributed by atoms with E-state index in [-0.39, 0.29) is 5.91 Å². The second kappa shape index (κ2) is 8.44. The van der Waals surface area contributed by atoms with Gasteiger partial charge in [-0.05, 0) is 30.3 Å². The highest BCUT2D eigenvalue weighted by molar-refractivity contribution is 5.95. The van der Waals surface area contributed by atoms with Crippen LogP contribution in [0.5, 0.6) is 17.2 Å². The highest BCUT2D eigenvalue weighted by atomic mass is 16.6. The Bertz CT molecular complexity index is 801. The number of carbonyl (C=O) groups excluding carboxylic acids is 2. The molecule has 2 aromatic rings. The van der Waals surface area contributed by atoms with E-state index in [0.29, 0.717) is 49.0 Å². The molecule has 0 atom stereocenters. The van der Waals surface area contributed by atoms with Crippen molar-refractivity contribution in [3.63, 3.8) is 0 Å². The van der Waals surface area contributed by atoms with Crippen LogP contribution in [0, 0.1) is 0 Å². The molecule has 3 rings (SSSR count). The van der Waals surface area contributed by atoms with E-state index < -0.39 is 6.09 Å². The van der Waals surface area contributed by atoms with E-state index in [4.69, 9.17) is 14.2 Å². The molecule has 2 aromatic carbocycles. The molecule has 27 heavy (non-hydrogen) atoms. The first kappa shape index (κ1) is 18.6. The fourth-order valence-electron chi connectivity index (χ4n) is 2.90. The lowest BCUT2D eigenvalue weighted by atomic mass is 10.1. The van der Waals surface area contributed by atoms with Gasteiger partial charge in [0, 0.05) is 31.7 Å². The Kier molecular flexibility index (Phi) is 5.80. The van der Waals surface area contributed by atoms with Crippen molar-refractivity contribution in [2.24, 2.45) is 0 Å². The largest absolute Gasteiger partial charge is 0.493 e. The van der Waals surface area contributed by atoms with E-state index in [1.165, 1.54) is 7.11 Å². The third kappa shape index (κ3) is 4.31. The molecule has 142 valence electrons. The molecule has 0 N–H and O–H groups in total. The zero-order chi connectivity index (χ0) is 19.2. The number of methoxy groups -OCH3 is 2. The minimum Gasteiger partial charge on any atom is -0.493 e. The molecule has 0 aliphatic carbocycles. The van der Waals surface area contributed by atoms with Crippen LogP contribution in [-0.4, -0.2) is 62.2 Å². The van der Waals surface area contributed by atoms with Crippen LogP contribution in [0.2, 0.25) is 0 Å². The van der Waals surface area contributed by atoms with Crippen molar-refractivity contribution in [1.29, 1.82) is 0 Å². The maximum absolute atomic E-state index is 12.7. The molecule has 1 saturated heterocycles. The minimum absolute atomic E-state index is 0.105. The van der Waals surface area contributed by atoms with Gasteiger partial charge in [-0.25, -0.2) is 4.79 Å². The average Bonchev–Trinajstić information content (AvgIpc) is 2.73. The monoisotopic (exact) mass is 370 g/mol. The SMILES string of the molecule is COc1ccc(C(=O)N2CCN(C(=O)Oc3ccccc3)CC2)cc1OC. The zero-order valence-electron chi connectivity index (χ0n) is 15.4. The minimum atomic E-state index is -0.403. The standard InChI is InChI=1S/C20H22N2O5/c1-25-17-9-8-15(14-18(17)26-2)19(23)21-10-12-22(13-11-21)20(24)27-16-6-4-3-5-7-16/h3-9,14H,10-13H2,1-2H3. The topological polar surface area (TPSA) is 68.3 Å². The lowest BCUT2D eigenvalue weighted by Gasteiger charge is -2.34. The van der Waals surface area contributed by atoms with Crippen LogP contribution < -0.4 is 14.2 Å². The maximum atomic E-state index is 12.7. The van der Waals surface area contributed by atoms with Crippen LogP contribution >= 0.6 is 0 Å². The fraction of sp³-hybridized carbons (Fsp3) is 0.300. The Hall–Kier alpha value is -3.22. The third-order valence-electron chi connectivity index (χ3n) is 4.40. The van der Waals surface area contributed by atoms with E-state index in [1.807, 2.05) is 18.2 Å². The number of para-hydroxylation sites is 1. The number of carbonyl (C=O) groups is 2. The summed E-state index contributed by atoms with van der Waals surface area (Å²) in [7, 11) is 3.08. The molecule has 2 amide bonds. The van der Waals surface area contributed by atoms with Crippen LogP contribution in [0.4, 0.5) is 4.79 Å². The Morgan fingerprint density at radius 3 is 2.07 bits per heavy atom. The third-order valence-corrected chi connectivity index (χ3v) is 4.40. The zero-order valence-corrected chi connectivity index (χ0v) is 15.4. The van der Waals surface area contributed by atoms with Crippen LogP contribution in [0.25, 0.3) is 0 Å². The van der Waals surface area contributed by atoms with E-state index >= 15 is 0 Å². The predicted octanol–water partition coefficient (Wildman–Crippen LogP) is 2.66. The number of ether oxygens (including phenoxy) is 3. The number of amides is 2. The van der Waals surface area contributed by atoms with Crippen molar-refractivity contribution in [3.05, 3.63) is 54.1 Å². The molecule has 0 unspecified atom stereocenters. The van der Waals surface area contributed by atoms with Crippen molar-refractivity contribution in [3.8, 4) is 17.2 Å². The lowest BCUT2D eigenvalue weighted by molar-refractivity contribution is 0.0633. The van der Waals surface area contributed by atoms with E-state index in [1.54, 1.807) is 47.2 Å². The first-order chi connectivity index (χ1) is 13.1. The van der Waals surface area contributed by atoms with Gasteiger partial charge in [0.2, 0.25) is 0 Å². The molecule has 1 aliphatic rings. The summed E-state index contributed by atoms with van der Waals surface area (Å²) in [6.07, 6.45) is -0.403. The number of piperazine rings is 1. The molecule has 1 fully saturated rings. The molecule has 0 saturated carbocycles. The molecule has 0 bridgehead atoms. The molecular formula is C20H22N2O5. The number of rotatable bonds is 4. The molecule has 0 spiro atoms.